The summed E-state index contributed by atoms with van der Waals surface area (Å²) in [5.74, 6) is 0.167. The fourth-order valence-electron chi connectivity index (χ4n) is 1.09. The maximum atomic E-state index is 9.28. The Bertz CT molecular complexity index is 433. The molecule has 0 fully saturated rings. The summed E-state index contributed by atoms with van der Waals surface area (Å²) in [4.78, 5) is 0. The van der Waals surface area contributed by atoms with Crippen molar-refractivity contribution in [3.05, 3.63) is 22.9 Å². The van der Waals surface area contributed by atoms with E-state index in [4.69, 9.17) is 9.52 Å². The van der Waals surface area contributed by atoms with Crippen LogP contribution in [0.1, 0.15) is 0 Å². The molecule has 2 N–H and O–H groups in total. The molecule has 0 radical (unpaired) electrons. The summed E-state index contributed by atoms with van der Waals surface area (Å²) in [7, 11) is 0. The third-order valence-corrected chi connectivity index (χ3v) is 2.22. The van der Waals surface area contributed by atoms with E-state index in [-0.39, 0.29) is 11.5 Å². The van der Waals surface area contributed by atoms with Gasteiger partial charge in [0.25, 0.3) is 0 Å². The first kappa shape index (κ1) is 7.49. The molecule has 0 atom stereocenters. The van der Waals surface area contributed by atoms with E-state index in [9.17, 15) is 5.11 Å². The van der Waals surface area contributed by atoms with Crippen molar-refractivity contribution in [2.75, 3.05) is 0 Å². The highest BCUT2D eigenvalue weighted by molar-refractivity contribution is 9.10. The van der Waals surface area contributed by atoms with E-state index in [1.165, 1.54) is 18.4 Å². The molecule has 1 aromatic carbocycles. The first-order chi connectivity index (χ1) is 5.68. The van der Waals surface area contributed by atoms with Gasteiger partial charge < -0.3 is 14.6 Å². The summed E-state index contributed by atoms with van der Waals surface area (Å²) in [6.07, 6.45) is 1.23. The maximum Gasteiger partial charge on any atom is 0.162 e. The van der Waals surface area contributed by atoms with E-state index in [2.05, 4.69) is 15.9 Å². The molecule has 2 aromatic rings. The number of phenolic OH excluding ortho intramolecular Hbond substituents is 1. The Hall–Kier alpha value is -1.16. The zero-order chi connectivity index (χ0) is 8.72. The quantitative estimate of drug-likeness (QED) is 0.729. The van der Waals surface area contributed by atoms with Crippen molar-refractivity contribution >= 4 is 26.9 Å². The minimum atomic E-state index is 0.0666. The average molecular weight is 229 g/mol. The van der Waals surface area contributed by atoms with E-state index in [0.29, 0.717) is 15.4 Å². The number of benzene rings is 1. The van der Waals surface area contributed by atoms with Gasteiger partial charge in [0.15, 0.2) is 5.75 Å². The van der Waals surface area contributed by atoms with Gasteiger partial charge in [-0.05, 0) is 22.0 Å². The Morgan fingerprint density at radius 3 is 2.75 bits per heavy atom. The maximum absolute atomic E-state index is 9.28. The highest BCUT2D eigenvalue weighted by atomic mass is 79.9. The number of hydrogen-bond acceptors (Lipinski definition) is 3. The molecule has 0 bridgehead atoms. The van der Waals surface area contributed by atoms with Crippen molar-refractivity contribution in [3.8, 4) is 11.5 Å². The summed E-state index contributed by atoms with van der Waals surface area (Å²) < 4.78 is 5.58. The Balaban J connectivity index is 2.93. The second-order valence-electron chi connectivity index (χ2n) is 2.42. The van der Waals surface area contributed by atoms with Crippen LogP contribution in [0.5, 0.6) is 11.5 Å². The van der Waals surface area contributed by atoms with Crippen molar-refractivity contribution in [1.82, 2.24) is 0 Å². The fourth-order valence-corrected chi connectivity index (χ4v) is 1.72. The molecule has 3 nitrogen and oxygen atoms in total. The lowest BCUT2D eigenvalue weighted by Crippen LogP contribution is -1.69. The summed E-state index contributed by atoms with van der Waals surface area (Å²) in [5, 5.41) is 19.0. The van der Waals surface area contributed by atoms with E-state index < -0.39 is 0 Å². The van der Waals surface area contributed by atoms with Crippen molar-refractivity contribution < 1.29 is 14.6 Å². The Kier molecular flexibility index (Phi) is 1.51. The molecule has 0 spiro atoms. The Labute approximate surface area is 76.4 Å². The monoisotopic (exact) mass is 228 g/mol. The Morgan fingerprint density at radius 1 is 1.25 bits per heavy atom. The van der Waals surface area contributed by atoms with Gasteiger partial charge in [0.05, 0.1) is 5.39 Å². The van der Waals surface area contributed by atoms with Crippen molar-refractivity contribution in [2.24, 2.45) is 0 Å². The topological polar surface area (TPSA) is 53.6 Å². The van der Waals surface area contributed by atoms with Gasteiger partial charge in [0.2, 0.25) is 0 Å². The minimum Gasteiger partial charge on any atom is -0.508 e. The highest BCUT2D eigenvalue weighted by Crippen LogP contribution is 2.35. The molecule has 1 aromatic heterocycles. The second kappa shape index (κ2) is 2.42. The van der Waals surface area contributed by atoms with Gasteiger partial charge in [-0.25, -0.2) is 0 Å². The van der Waals surface area contributed by atoms with E-state index in [1.807, 2.05) is 0 Å². The molecule has 12 heavy (non-hydrogen) atoms. The summed E-state index contributed by atoms with van der Waals surface area (Å²) in [5.41, 5.74) is 0.458. The first-order valence-corrected chi connectivity index (χ1v) is 4.06. The summed E-state index contributed by atoms with van der Waals surface area (Å²) in [6, 6.07) is 2.94. The lowest BCUT2D eigenvalue weighted by atomic mass is 10.2. The van der Waals surface area contributed by atoms with E-state index in [0.717, 1.165) is 0 Å². The van der Waals surface area contributed by atoms with E-state index in [1.54, 1.807) is 0 Å². The second-order valence-corrected chi connectivity index (χ2v) is 3.28. The van der Waals surface area contributed by atoms with Gasteiger partial charge in [0.1, 0.15) is 17.6 Å². The number of halogens is 1. The predicted molar refractivity (Wildman–Crippen MR) is 47.2 cm³/mol. The molecule has 62 valence electrons. The third kappa shape index (κ3) is 0.956. The van der Waals surface area contributed by atoms with Crippen molar-refractivity contribution in [3.63, 3.8) is 0 Å². The molecule has 0 aliphatic heterocycles. The van der Waals surface area contributed by atoms with Crippen molar-refractivity contribution in [2.45, 2.75) is 0 Å². The van der Waals surface area contributed by atoms with Crippen LogP contribution in [-0.4, -0.2) is 10.2 Å². The van der Waals surface area contributed by atoms with Crippen LogP contribution in [0.15, 0.2) is 27.3 Å². The van der Waals surface area contributed by atoms with Crippen LogP contribution in [0.2, 0.25) is 0 Å². The summed E-state index contributed by atoms with van der Waals surface area (Å²) >= 11 is 3.20. The largest absolute Gasteiger partial charge is 0.508 e. The van der Waals surface area contributed by atoms with Gasteiger partial charge in [-0.1, -0.05) is 0 Å². The van der Waals surface area contributed by atoms with Crippen LogP contribution in [0, 0.1) is 0 Å². The number of hydrogen-bond donors (Lipinski definition) is 2. The van der Waals surface area contributed by atoms with Gasteiger partial charge in [-0.15, -0.1) is 0 Å². The standard InChI is InChI=1S/C8H5BrO3/c9-5-1-4(10)2-7-8(5)6(11)3-12-7/h1-3,10-11H. The Morgan fingerprint density at radius 2 is 2.00 bits per heavy atom. The van der Waals surface area contributed by atoms with Crippen molar-refractivity contribution in [1.29, 1.82) is 0 Å². The lowest BCUT2D eigenvalue weighted by Gasteiger charge is -1.95. The van der Waals surface area contributed by atoms with Crippen LogP contribution in [0.4, 0.5) is 0 Å². The minimum absolute atomic E-state index is 0.0666. The van der Waals surface area contributed by atoms with E-state index >= 15 is 0 Å². The van der Waals surface area contributed by atoms with Gasteiger partial charge in [0, 0.05) is 10.5 Å². The lowest BCUT2D eigenvalue weighted by molar-refractivity contribution is 0.463. The average Bonchev–Trinajstić information content (AvgIpc) is 2.31. The molecule has 2 rings (SSSR count). The normalized spacial score (nSPS) is 10.8. The van der Waals surface area contributed by atoms with Gasteiger partial charge in [-0.2, -0.15) is 0 Å². The third-order valence-electron chi connectivity index (χ3n) is 1.59. The number of aromatic hydroxyl groups is 2. The van der Waals surface area contributed by atoms with Crippen LogP contribution in [0.25, 0.3) is 11.0 Å². The van der Waals surface area contributed by atoms with Gasteiger partial charge in [-0.3, -0.25) is 0 Å². The molecule has 0 amide bonds. The smallest absolute Gasteiger partial charge is 0.162 e. The zero-order valence-corrected chi connectivity index (χ0v) is 7.50. The molecule has 0 unspecified atom stereocenters. The molecule has 4 heteroatoms. The molecule has 0 aliphatic rings. The molecule has 1 heterocycles. The highest BCUT2D eigenvalue weighted by Gasteiger charge is 2.09. The number of furan rings is 1. The van der Waals surface area contributed by atoms with Crippen LogP contribution >= 0.6 is 15.9 Å². The molecular weight excluding hydrogens is 224 g/mol. The molecular formula is C8H5BrO3. The van der Waals surface area contributed by atoms with Crippen LogP contribution in [0.3, 0.4) is 0 Å². The molecule has 0 saturated heterocycles. The number of phenols is 1. The molecule has 0 aliphatic carbocycles. The van der Waals surface area contributed by atoms with Crippen LogP contribution < -0.4 is 0 Å². The molecule has 0 saturated carbocycles. The van der Waals surface area contributed by atoms with Crippen LogP contribution in [-0.2, 0) is 0 Å². The predicted octanol–water partition coefficient (Wildman–Crippen LogP) is 2.61. The zero-order valence-electron chi connectivity index (χ0n) is 5.91. The SMILES string of the molecule is Oc1cc(Br)c2c(O)coc2c1. The summed E-state index contributed by atoms with van der Waals surface area (Å²) in [6.45, 7) is 0. The fraction of sp³-hybridized carbons (Fsp3) is 0. The van der Waals surface area contributed by atoms with Gasteiger partial charge >= 0.3 is 0 Å². The number of fused-ring (bicyclic) bond motifs is 1. The number of rotatable bonds is 0. The first-order valence-electron chi connectivity index (χ1n) is 3.27.